The van der Waals surface area contributed by atoms with Gasteiger partial charge < -0.3 is 15.3 Å². The fourth-order valence-electron chi connectivity index (χ4n) is 3.18. The van der Waals surface area contributed by atoms with Crippen molar-refractivity contribution in [2.45, 2.75) is 49.8 Å². The second kappa shape index (κ2) is 10.1. The quantitative estimate of drug-likeness (QED) is 0.711. The zero-order chi connectivity index (χ0) is 21.6. The van der Waals surface area contributed by atoms with Gasteiger partial charge in [-0.05, 0) is 37.3 Å². The molecule has 6 nitrogen and oxygen atoms in total. The first-order chi connectivity index (χ1) is 13.6. The van der Waals surface area contributed by atoms with E-state index in [0.717, 1.165) is 24.4 Å². The van der Waals surface area contributed by atoms with E-state index < -0.39 is 12.1 Å². The molecule has 0 amide bonds. The molecule has 0 radical (unpaired) electrons. The number of nitrogens with zero attached hydrogens (tertiary/aromatic N) is 3. The molecule has 1 aromatic heterocycles. The summed E-state index contributed by atoms with van der Waals surface area (Å²) in [5.74, 6) is -1.68. The van der Waals surface area contributed by atoms with Crippen LogP contribution >= 0.6 is 11.8 Å². The van der Waals surface area contributed by atoms with Crippen molar-refractivity contribution in [1.29, 1.82) is 0 Å². The van der Waals surface area contributed by atoms with Gasteiger partial charge in [0.05, 0.1) is 5.52 Å². The van der Waals surface area contributed by atoms with E-state index in [0.29, 0.717) is 12.1 Å². The Balaban J connectivity index is 0.000000370. The Hall–Kier alpha value is -2.07. The van der Waals surface area contributed by atoms with Gasteiger partial charge in [-0.15, -0.1) is 11.8 Å². The number of piperidine rings is 1. The molecule has 2 N–H and O–H groups in total. The molecule has 3 rings (SSSR count). The lowest BCUT2D eigenvalue weighted by molar-refractivity contribution is -0.192. The van der Waals surface area contributed by atoms with Gasteiger partial charge in [0.1, 0.15) is 12.1 Å². The minimum absolute atomic E-state index is 0.523. The Kier molecular flexibility index (Phi) is 8.09. The van der Waals surface area contributed by atoms with E-state index in [1.165, 1.54) is 23.1 Å². The highest BCUT2D eigenvalue weighted by molar-refractivity contribution is 7.98. The minimum Gasteiger partial charge on any atom is -0.475 e. The summed E-state index contributed by atoms with van der Waals surface area (Å²) in [5, 5.41) is 12.0. The number of carboxylic acid groups (broad SMARTS) is 1. The predicted octanol–water partition coefficient (Wildman–Crippen LogP) is 3.95. The van der Waals surface area contributed by atoms with Gasteiger partial charge in [0.2, 0.25) is 0 Å². The Morgan fingerprint density at radius 2 is 2.03 bits per heavy atom. The largest absolute Gasteiger partial charge is 0.490 e. The number of aromatic nitrogens is 2. The van der Waals surface area contributed by atoms with Crippen molar-refractivity contribution in [2.24, 2.45) is 0 Å². The molecule has 0 spiro atoms. The summed E-state index contributed by atoms with van der Waals surface area (Å²) in [4.78, 5) is 21.6. The first-order valence-corrected chi connectivity index (χ1v) is 10.4. The number of halogens is 3. The minimum atomic E-state index is -5.08. The van der Waals surface area contributed by atoms with E-state index in [2.05, 4.69) is 58.5 Å². The molecule has 1 saturated heterocycles. The topological polar surface area (TPSA) is 78.4 Å². The third-order valence-electron chi connectivity index (χ3n) is 4.35. The van der Waals surface area contributed by atoms with Gasteiger partial charge in [-0.2, -0.15) is 13.2 Å². The number of rotatable bonds is 4. The van der Waals surface area contributed by atoms with Crippen LogP contribution in [0.3, 0.4) is 0 Å². The maximum absolute atomic E-state index is 10.6. The van der Waals surface area contributed by atoms with E-state index in [-0.39, 0.29) is 0 Å². The van der Waals surface area contributed by atoms with Crippen molar-refractivity contribution in [3.63, 3.8) is 0 Å². The van der Waals surface area contributed by atoms with Crippen LogP contribution in [0.25, 0.3) is 10.9 Å². The van der Waals surface area contributed by atoms with Crippen LogP contribution in [0, 0.1) is 0 Å². The number of carboxylic acids is 1. The first-order valence-electron chi connectivity index (χ1n) is 9.21. The molecule has 2 heterocycles. The molecular formula is C19H25F3N4O2S. The van der Waals surface area contributed by atoms with Gasteiger partial charge in [0, 0.05) is 35.5 Å². The van der Waals surface area contributed by atoms with E-state index in [9.17, 15) is 13.2 Å². The van der Waals surface area contributed by atoms with Gasteiger partial charge in [0.25, 0.3) is 0 Å². The molecular weight excluding hydrogens is 405 g/mol. The highest BCUT2D eigenvalue weighted by Gasteiger charge is 2.38. The number of anilines is 1. The average Bonchev–Trinajstić information content (AvgIpc) is 2.66. The number of hydrogen-bond donors (Lipinski definition) is 2. The van der Waals surface area contributed by atoms with Crippen LogP contribution in [0.15, 0.2) is 29.4 Å². The molecule has 2 aromatic rings. The maximum atomic E-state index is 10.6. The van der Waals surface area contributed by atoms with Crippen LogP contribution < -0.4 is 10.2 Å². The third-order valence-corrected chi connectivity index (χ3v) is 5.08. The Labute approximate surface area is 171 Å². The molecule has 1 fully saturated rings. The van der Waals surface area contributed by atoms with Crippen LogP contribution in [0.2, 0.25) is 0 Å². The number of fused-ring (bicyclic) bond motifs is 1. The van der Waals surface area contributed by atoms with Crippen molar-refractivity contribution in [3.05, 3.63) is 24.5 Å². The summed E-state index contributed by atoms with van der Waals surface area (Å²) in [6.45, 7) is 6.52. The lowest BCUT2D eigenvalue weighted by Crippen LogP contribution is -2.48. The fraction of sp³-hybridized carbons (Fsp3) is 0.526. The molecule has 1 aliphatic rings. The number of alkyl halides is 3. The van der Waals surface area contributed by atoms with Crippen LogP contribution in [-0.4, -0.2) is 58.6 Å². The monoisotopic (exact) mass is 430 g/mol. The summed E-state index contributed by atoms with van der Waals surface area (Å²) in [7, 11) is 0. The molecule has 1 unspecified atom stereocenters. The smallest absolute Gasteiger partial charge is 0.475 e. The highest BCUT2D eigenvalue weighted by atomic mass is 32.2. The number of carbonyl (C=O) groups is 1. The fourth-order valence-corrected chi connectivity index (χ4v) is 3.62. The van der Waals surface area contributed by atoms with Crippen molar-refractivity contribution >= 4 is 34.5 Å². The van der Waals surface area contributed by atoms with Crippen LogP contribution in [0.1, 0.15) is 26.7 Å². The molecule has 29 heavy (non-hydrogen) atoms. The predicted molar refractivity (Wildman–Crippen MR) is 109 cm³/mol. The summed E-state index contributed by atoms with van der Waals surface area (Å²) in [6, 6.07) is 7.51. The van der Waals surface area contributed by atoms with Crippen molar-refractivity contribution in [1.82, 2.24) is 15.3 Å². The summed E-state index contributed by atoms with van der Waals surface area (Å²) < 4.78 is 31.7. The van der Waals surface area contributed by atoms with E-state index in [1.54, 1.807) is 18.1 Å². The van der Waals surface area contributed by atoms with Gasteiger partial charge >= 0.3 is 12.1 Å². The SMILES string of the molecule is CSc1ccc2ncnc(N3CCCC(NC(C)C)C3)c2c1.O=C(O)C(F)(F)F. The van der Waals surface area contributed by atoms with Crippen molar-refractivity contribution < 1.29 is 23.1 Å². The lowest BCUT2D eigenvalue weighted by atomic mass is 10.0. The Morgan fingerprint density at radius 1 is 1.34 bits per heavy atom. The van der Waals surface area contributed by atoms with Crippen LogP contribution in [0.4, 0.5) is 19.0 Å². The standard InChI is InChI=1S/C17H24N4S.C2HF3O2/c1-12(2)20-13-5-4-8-21(10-13)17-15-9-14(22-3)6-7-16(15)18-11-19-17;3-2(4,5)1(6)7/h6-7,9,11-13,20H,4-5,8,10H2,1-3H3;(H,6,7). The third kappa shape index (κ3) is 6.74. The normalized spacial score (nSPS) is 17.2. The number of benzene rings is 1. The molecule has 0 aliphatic carbocycles. The van der Waals surface area contributed by atoms with Crippen LogP contribution in [0.5, 0.6) is 0 Å². The first kappa shape index (κ1) is 23.2. The van der Waals surface area contributed by atoms with Crippen LogP contribution in [-0.2, 0) is 4.79 Å². The molecule has 10 heteroatoms. The number of aliphatic carboxylic acids is 1. The number of nitrogens with one attached hydrogen (secondary N) is 1. The molecule has 1 aliphatic heterocycles. The highest BCUT2D eigenvalue weighted by Crippen LogP contribution is 2.29. The summed E-state index contributed by atoms with van der Waals surface area (Å²) in [5.41, 5.74) is 1.03. The number of thioether (sulfide) groups is 1. The molecule has 1 aromatic carbocycles. The van der Waals surface area contributed by atoms with Gasteiger partial charge in [-0.3, -0.25) is 0 Å². The van der Waals surface area contributed by atoms with Gasteiger partial charge in [0.15, 0.2) is 0 Å². The summed E-state index contributed by atoms with van der Waals surface area (Å²) in [6.07, 6.45) is 1.16. The average molecular weight is 430 g/mol. The van der Waals surface area contributed by atoms with E-state index in [1.807, 2.05) is 0 Å². The number of hydrogen-bond acceptors (Lipinski definition) is 6. The van der Waals surface area contributed by atoms with Gasteiger partial charge in [-0.1, -0.05) is 13.8 Å². The maximum Gasteiger partial charge on any atom is 0.490 e. The Bertz CT molecular complexity index is 833. The second-order valence-corrected chi connectivity index (χ2v) is 7.87. The zero-order valence-electron chi connectivity index (χ0n) is 16.5. The molecule has 0 saturated carbocycles. The van der Waals surface area contributed by atoms with Gasteiger partial charge in [-0.25, -0.2) is 14.8 Å². The molecule has 1 atom stereocenters. The lowest BCUT2D eigenvalue weighted by Gasteiger charge is -2.35. The van der Waals surface area contributed by atoms with Crippen molar-refractivity contribution in [3.8, 4) is 0 Å². The second-order valence-electron chi connectivity index (χ2n) is 6.99. The van der Waals surface area contributed by atoms with E-state index >= 15 is 0 Å². The summed E-state index contributed by atoms with van der Waals surface area (Å²) >= 11 is 1.76. The molecule has 0 bridgehead atoms. The Morgan fingerprint density at radius 3 is 2.62 bits per heavy atom. The van der Waals surface area contributed by atoms with Crippen molar-refractivity contribution in [2.75, 3.05) is 24.2 Å². The molecule has 160 valence electrons. The zero-order valence-corrected chi connectivity index (χ0v) is 17.3. The van der Waals surface area contributed by atoms with E-state index in [4.69, 9.17) is 9.90 Å².